The lowest BCUT2D eigenvalue weighted by Gasteiger charge is -2.14. The Kier molecular flexibility index (Phi) is 3.24. The average Bonchev–Trinajstić information content (AvgIpc) is 2.55. The van der Waals surface area contributed by atoms with Crippen LogP contribution in [-0.2, 0) is 0 Å². The summed E-state index contributed by atoms with van der Waals surface area (Å²) < 4.78 is 1.18. The summed E-state index contributed by atoms with van der Waals surface area (Å²) in [7, 11) is 0. The molecule has 0 unspecified atom stereocenters. The Labute approximate surface area is 138 Å². The van der Waals surface area contributed by atoms with Crippen molar-refractivity contribution in [3.8, 4) is 11.1 Å². The molecule has 4 aromatic carbocycles. The van der Waals surface area contributed by atoms with Crippen LogP contribution in [0.4, 0.5) is 0 Å². The van der Waals surface area contributed by atoms with Gasteiger partial charge in [0.15, 0.2) is 0 Å². The van der Waals surface area contributed by atoms with Crippen molar-refractivity contribution in [2.45, 2.75) is 6.92 Å². The quantitative estimate of drug-likeness (QED) is 0.335. The normalized spacial score (nSPS) is 11.2. The van der Waals surface area contributed by atoms with Gasteiger partial charge in [0.05, 0.1) is 0 Å². The van der Waals surface area contributed by atoms with E-state index in [1.54, 1.807) is 0 Å². The number of rotatable bonds is 1. The predicted molar refractivity (Wildman–Crippen MR) is 99.3 cm³/mol. The van der Waals surface area contributed by atoms with Crippen LogP contribution in [-0.4, -0.2) is 0 Å². The zero-order chi connectivity index (χ0) is 15.1. The Morgan fingerprint density at radius 1 is 0.636 bits per heavy atom. The molecule has 0 radical (unpaired) electrons. The van der Waals surface area contributed by atoms with Gasteiger partial charge in [-0.3, -0.25) is 0 Å². The van der Waals surface area contributed by atoms with Crippen molar-refractivity contribution in [1.29, 1.82) is 0 Å². The second kappa shape index (κ2) is 5.26. The van der Waals surface area contributed by atoms with Crippen LogP contribution in [0.1, 0.15) is 5.56 Å². The fourth-order valence-electron chi connectivity index (χ4n) is 3.19. The highest BCUT2D eigenvalue weighted by molar-refractivity contribution is 9.10. The highest BCUT2D eigenvalue weighted by Gasteiger charge is 2.13. The lowest BCUT2D eigenvalue weighted by molar-refractivity contribution is 1.47. The second-order valence-corrected chi connectivity index (χ2v) is 6.44. The fourth-order valence-corrected chi connectivity index (χ4v) is 3.88. The van der Waals surface area contributed by atoms with E-state index in [4.69, 9.17) is 0 Å². The van der Waals surface area contributed by atoms with Gasteiger partial charge in [0.1, 0.15) is 0 Å². The summed E-state index contributed by atoms with van der Waals surface area (Å²) in [6.45, 7) is 2.15. The van der Waals surface area contributed by atoms with Crippen LogP contribution in [0, 0.1) is 6.92 Å². The Hall–Kier alpha value is -2.12. The first-order valence-electron chi connectivity index (χ1n) is 7.42. The number of halogens is 1. The molecule has 106 valence electrons. The number of hydrogen-bond donors (Lipinski definition) is 0. The lowest BCUT2D eigenvalue weighted by atomic mass is 9.91. The summed E-state index contributed by atoms with van der Waals surface area (Å²) in [6, 6.07) is 26.0. The molecule has 4 aromatic rings. The van der Waals surface area contributed by atoms with E-state index in [9.17, 15) is 0 Å². The molecule has 0 aromatic heterocycles. The molecule has 0 fully saturated rings. The molecule has 0 N–H and O–H groups in total. The smallest absolute Gasteiger partial charge is 0.0332 e. The van der Waals surface area contributed by atoms with Gasteiger partial charge in [-0.2, -0.15) is 0 Å². The summed E-state index contributed by atoms with van der Waals surface area (Å²) in [4.78, 5) is 0. The van der Waals surface area contributed by atoms with E-state index >= 15 is 0 Å². The first kappa shape index (κ1) is 13.5. The van der Waals surface area contributed by atoms with E-state index in [2.05, 4.69) is 95.7 Å². The highest BCUT2D eigenvalue weighted by atomic mass is 79.9. The molecule has 0 aliphatic heterocycles. The molecule has 4 rings (SSSR count). The van der Waals surface area contributed by atoms with Crippen molar-refractivity contribution < 1.29 is 0 Å². The number of benzene rings is 4. The molecule has 0 nitrogen and oxygen atoms in total. The van der Waals surface area contributed by atoms with Crippen LogP contribution in [0.5, 0.6) is 0 Å². The number of aryl methyl sites for hydroxylation is 1. The zero-order valence-electron chi connectivity index (χ0n) is 12.3. The summed E-state index contributed by atoms with van der Waals surface area (Å²) in [5.41, 5.74) is 3.88. The summed E-state index contributed by atoms with van der Waals surface area (Å²) in [6.07, 6.45) is 0. The molecule has 0 aliphatic rings. The zero-order valence-corrected chi connectivity index (χ0v) is 13.9. The Morgan fingerprint density at radius 2 is 1.18 bits per heavy atom. The highest BCUT2D eigenvalue weighted by Crippen LogP contribution is 2.41. The third kappa shape index (κ3) is 2.05. The van der Waals surface area contributed by atoms with Gasteiger partial charge < -0.3 is 0 Å². The van der Waals surface area contributed by atoms with E-state index in [1.807, 2.05) is 0 Å². The predicted octanol–water partition coefficient (Wildman–Crippen LogP) is 6.73. The van der Waals surface area contributed by atoms with Gasteiger partial charge in [-0.25, -0.2) is 0 Å². The van der Waals surface area contributed by atoms with Crippen molar-refractivity contribution >= 4 is 37.5 Å². The van der Waals surface area contributed by atoms with Gasteiger partial charge in [-0.15, -0.1) is 0 Å². The van der Waals surface area contributed by atoms with Crippen molar-refractivity contribution in [2.24, 2.45) is 0 Å². The van der Waals surface area contributed by atoms with E-state index in [0.29, 0.717) is 0 Å². The molecular formula is C21H15Br. The van der Waals surface area contributed by atoms with Gasteiger partial charge in [-0.1, -0.05) is 78.4 Å². The van der Waals surface area contributed by atoms with Crippen molar-refractivity contribution in [3.63, 3.8) is 0 Å². The minimum Gasteiger partial charge on any atom is -0.0616 e. The van der Waals surface area contributed by atoms with Crippen molar-refractivity contribution in [2.75, 3.05) is 0 Å². The van der Waals surface area contributed by atoms with E-state index in [0.717, 1.165) is 0 Å². The van der Waals surface area contributed by atoms with Gasteiger partial charge in [0, 0.05) is 4.47 Å². The molecule has 0 bridgehead atoms. The van der Waals surface area contributed by atoms with Crippen LogP contribution in [0.15, 0.2) is 77.3 Å². The molecule has 22 heavy (non-hydrogen) atoms. The van der Waals surface area contributed by atoms with E-state index in [-0.39, 0.29) is 0 Å². The third-order valence-electron chi connectivity index (χ3n) is 4.17. The largest absolute Gasteiger partial charge is 0.0616 e. The molecule has 0 amide bonds. The van der Waals surface area contributed by atoms with Gasteiger partial charge in [0.2, 0.25) is 0 Å². The van der Waals surface area contributed by atoms with Gasteiger partial charge in [-0.05, 0) is 55.5 Å². The van der Waals surface area contributed by atoms with E-state index < -0.39 is 0 Å². The molecular weight excluding hydrogens is 332 g/mol. The van der Waals surface area contributed by atoms with Crippen LogP contribution < -0.4 is 0 Å². The Morgan fingerprint density at radius 3 is 1.73 bits per heavy atom. The standard InChI is InChI=1S/C21H15Br/c1-14-7-6-8-15(13-14)20-16-9-2-4-11-18(16)21(22)19-12-5-3-10-17(19)20/h2-13H,1H3. The minimum atomic E-state index is 1.18. The van der Waals surface area contributed by atoms with Crippen LogP contribution in [0.25, 0.3) is 32.7 Å². The second-order valence-electron chi connectivity index (χ2n) is 5.65. The minimum absolute atomic E-state index is 1.18. The number of hydrogen-bond acceptors (Lipinski definition) is 0. The molecule has 0 heterocycles. The average molecular weight is 347 g/mol. The fraction of sp³-hybridized carbons (Fsp3) is 0.0476. The maximum absolute atomic E-state index is 3.80. The monoisotopic (exact) mass is 346 g/mol. The van der Waals surface area contributed by atoms with Crippen LogP contribution >= 0.6 is 15.9 Å². The van der Waals surface area contributed by atoms with Crippen LogP contribution in [0.3, 0.4) is 0 Å². The third-order valence-corrected chi connectivity index (χ3v) is 5.03. The molecule has 0 atom stereocenters. The van der Waals surface area contributed by atoms with E-state index in [1.165, 1.54) is 42.7 Å². The molecule has 0 aliphatic carbocycles. The Balaban J connectivity index is 2.26. The molecule has 0 saturated carbocycles. The first-order chi connectivity index (χ1) is 10.8. The Bertz CT molecular complexity index is 942. The molecule has 0 spiro atoms. The van der Waals surface area contributed by atoms with Gasteiger partial charge in [0.25, 0.3) is 0 Å². The molecule has 1 heteroatoms. The summed E-state index contributed by atoms with van der Waals surface area (Å²) in [5.74, 6) is 0. The first-order valence-corrected chi connectivity index (χ1v) is 8.21. The maximum atomic E-state index is 3.80. The number of fused-ring (bicyclic) bond motifs is 2. The van der Waals surface area contributed by atoms with Crippen molar-refractivity contribution in [3.05, 3.63) is 82.8 Å². The summed E-state index contributed by atoms with van der Waals surface area (Å²) in [5, 5.41) is 5.10. The van der Waals surface area contributed by atoms with Crippen molar-refractivity contribution in [1.82, 2.24) is 0 Å². The van der Waals surface area contributed by atoms with Gasteiger partial charge >= 0.3 is 0 Å². The topological polar surface area (TPSA) is 0 Å². The lowest BCUT2D eigenvalue weighted by Crippen LogP contribution is -1.87. The summed E-state index contributed by atoms with van der Waals surface area (Å²) >= 11 is 3.80. The van der Waals surface area contributed by atoms with Crippen LogP contribution in [0.2, 0.25) is 0 Å². The molecule has 0 saturated heterocycles. The SMILES string of the molecule is Cc1cccc(-c2c3ccccc3c(Br)c3ccccc23)c1. The maximum Gasteiger partial charge on any atom is 0.0332 e.